The zero-order chi connectivity index (χ0) is 13.3. The summed E-state index contributed by atoms with van der Waals surface area (Å²) in [7, 11) is 0. The van der Waals surface area contributed by atoms with Crippen LogP contribution >= 0.6 is 0 Å². The second-order valence-electron chi connectivity index (χ2n) is 4.57. The Morgan fingerprint density at radius 2 is 1.78 bits per heavy atom. The first-order valence-corrected chi connectivity index (χ1v) is 5.87. The number of Topliss-reactive ketones (excluding diaryl/α,β-unsaturated/α-hetero) is 1. The van der Waals surface area contributed by atoms with Gasteiger partial charge in [-0.05, 0) is 49.6 Å². The van der Waals surface area contributed by atoms with Gasteiger partial charge in [0, 0.05) is 0 Å². The van der Waals surface area contributed by atoms with Crippen LogP contribution in [0.25, 0.3) is 11.1 Å². The highest BCUT2D eigenvalue weighted by molar-refractivity contribution is 5.95. The normalized spacial score (nSPS) is 10.4. The van der Waals surface area contributed by atoms with Crippen molar-refractivity contribution in [2.24, 2.45) is 0 Å². The van der Waals surface area contributed by atoms with E-state index in [-0.39, 0.29) is 11.3 Å². The predicted molar refractivity (Wildman–Crippen MR) is 71.3 cm³/mol. The van der Waals surface area contributed by atoms with Gasteiger partial charge in [0.05, 0.1) is 5.56 Å². The molecule has 0 bridgehead atoms. The highest BCUT2D eigenvalue weighted by Crippen LogP contribution is 2.26. The summed E-state index contributed by atoms with van der Waals surface area (Å²) in [6, 6.07) is 10.8. The number of hydrogen-bond donors (Lipinski definition) is 0. The van der Waals surface area contributed by atoms with Crippen molar-refractivity contribution in [3.8, 4) is 11.1 Å². The number of halogens is 1. The molecule has 92 valence electrons. The van der Waals surface area contributed by atoms with E-state index in [2.05, 4.69) is 6.07 Å². The lowest BCUT2D eigenvalue weighted by Gasteiger charge is -2.09. The molecule has 2 rings (SSSR count). The van der Waals surface area contributed by atoms with E-state index in [1.807, 2.05) is 26.0 Å². The summed E-state index contributed by atoms with van der Waals surface area (Å²) in [6.45, 7) is 5.42. The number of benzene rings is 2. The second kappa shape index (κ2) is 4.73. The third-order valence-electron chi connectivity index (χ3n) is 3.04. The summed E-state index contributed by atoms with van der Waals surface area (Å²) in [6.07, 6.45) is 0. The van der Waals surface area contributed by atoms with Crippen molar-refractivity contribution in [2.45, 2.75) is 20.8 Å². The van der Waals surface area contributed by atoms with Crippen LogP contribution in [-0.2, 0) is 0 Å². The van der Waals surface area contributed by atoms with Gasteiger partial charge >= 0.3 is 0 Å². The quantitative estimate of drug-likeness (QED) is 0.717. The first-order valence-electron chi connectivity index (χ1n) is 5.87. The molecule has 0 spiro atoms. The number of carbonyl (C=O) groups excluding carboxylic acids is 1. The van der Waals surface area contributed by atoms with Gasteiger partial charge in [0.2, 0.25) is 0 Å². The number of hydrogen-bond acceptors (Lipinski definition) is 1. The summed E-state index contributed by atoms with van der Waals surface area (Å²) in [5.41, 5.74) is 4.36. The largest absolute Gasteiger partial charge is 0.294 e. The highest BCUT2D eigenvalue weighted by atomic mass is 19.1. The fourth-order valence-corrected chi connectivity index (χ4v) is 2.10. The van der Waals surface area contributed by atoms with Crippen molar-refractivity contribution in [1.29, 1.82) is 0 Å². The maximum atomic E-state index is 13.5. The Morgan fingerprint density at radius 1 is 1.06 bits per heavy atom. The predicted octanol–water partition coefficient (Wildman–Crippen LogP) is 4.31. The van der Waals surface area contributed by atoms with Gasteiger partial charge in [0.1, 0.15) is 5.82 Å². The molecule has 0 saturated carbocycles. The van der Waals surface area contributed by atoms with Crippen molar-refractivity contribution >= 4 is 5.78 Å². The monoisotopic (exact) mass is 242 g/mol. The highest BCUT2D eigenvalue weighted by Gasteiger charge is 2.10. The van der Waals surface area contributed by atoms with Crippen molar-refractivity contribution in [2.75, 3.05) is 0 Å². The number of rotatable bonds is 2. The number of ketones is 1. The Kier molecular flexibility index (Phi) is 3.28. The van der Waals surface area contributed by atoms with Gasteiger partial charge in [-0.25, -0.2) is 4.39 Å². The third-order valence-corrected chi connectivity index (χ3v) is 3.04. The van der Waals surface area contributed by atoms with Crippen LogP contribution in [0.1, 0.15) is 28.4 Å². The Hall–Kier alpha value is -1.96. The van der Waals surface area contributed by atoms with Crippen LogP contribution in [0.15, 0.2) is 36.4 Å². The van der Waals surface area contributed by atoms with Gasteiger partial charge < -0.3 is 0 Å². The topological polar surface area (TPSA) is 17.1 Å². The van der Waals surface area contributed by atoms with Gasteiger partial charge in [-0.1, -0.05) is 29.8 Å². The fourth-order valence-electron chi connectivity index (χ4n) is 2.10. The van der Waals surface area contributed by atoms with E-state index < -0.39 is 5.82 Å². The van der Waals surface area contributed by atoms with Crippen molar-refractivity contribution < 1.29 is 9.18 Å². The van der Waals surface area contributed by atoms with Crippen LogP contribution in [0, 0.1) is 19.7 Å². The molecule has 0 heterocycles. The lowest BCUT2D eigenvalue weighted by atomic mass is 9.96. The molecule has 2 aromatic carbocycles. The van der Waals surface area contributed by atoms with Gasteiger partial charge in [-0.3, -0.25) is 4.79 Å². The Bertz CT molecular complexity index is 614. The van der Waals surface area contributed by atoms with E-state index >= 15 is 0 Å². The molecule has 1 nitrogen and oxygen atoms in total. The molecule has 0 atom stereocenters. The van der Waals surface area contributed by atoms with Crippen LogP contribution < -0.4 is 0 Å². The van der Waals surface area contributed by atoms with E-state index in [9.17, 15) is 9.18 Å². The van der Waals surface area contributed by atoms with Gasteiger partial charge in [-0.2, -0.15) is 0 Å². The summed E-state index contributed by atoms with van der Waals surface area (Å²) < 4.78 is 13.5. The lowest BCUT2D eigenvalue weighted by Crippen LogP contribution is -1.97. The van der Waals surface area contributed by atoms with Crippen molar-refractivity contribution in [1.82, 2.24) is 0 Å². The smallest absolute Gasteiger partial charge is 0.162 e. The molecule has 0 aliphatic heterocycles. The van der Waals surface area contributed by atoms with Gasteiger partial charge in [0.15, 0.2) is 5.78 Å². The minimum absolute atomic E-state index is 0.146. The van der Waals surface area contributed by atoms with Crippen LogP contribution in [-0.4, -0.2) is 5.78 Å². The first-order chi connectivity index (χ1) is 8.49. The lowest BCUT2D eigenvalue weighted by molar-refractivity contribution is 0.101. The maximum absolute atomic E-state index is 13.5. The van der Waals surface area contributed by atoms with E-state index in [0.717, 1.165) is 16.7 Å². The van der Waals surface area contributed by atoms with Crippen LogP contribution in [0.4, 0.5) is 4.39 Å². The van der Waals surface area contributed by atoms with E-state index in [1.54, 1.807) is 12.1 Å². The molecule has 0 aliphatic rings. The van der Waals surface area contributed by atoms with Crippen LogP contribution in [0.2, 0.25) is 0 Å². The minimum Gasteiger partial charge on any atom is -0.294 e. The second-order valence-corrected chi connectivity index (χ2v) is 4.57. The average molecular weight is 242 g/mol. The minimum atomic E-state index is -0.462. The Labute approximate surface area is 106 Å². The SMILES string of the molecule is CC(=O)c1cc(-c2ccc(C)cc2C)ccc1F. The van der Waals surface area contributed by atoms with Crippen molar-refractivity contribution in [3.05, 3.63) is 58.9 Å². The summed E-state index contributed by atoms with van der Waals surface area (Å²) >= 11 is 0. The zero-order valence-corrected chi connectivity index (χ0v) is 10.8. The molecule has 0 N–H and O–H groups in total. The molecule has 0 aliphatic carbocycles. The summed E-state index contributed by atoms with van der Waals surface area (Å²) in [5.74, 6) is -0.713. The van der Waals surface area contributed by atoms with E-state index in [0.29, 0.717) is 0 Å². The van der Waals surface area contributed by atoms with Gasteiger partial charge in [0.25, 0.3) is 0 Å². The Morgan fingerprint density at radius 3 is 2.39 bits per heavy atom. The maximum Gasteiger partial charge on any atom is 0.162 e. The third kappa shape index (κ3) is 2.33. The van der Waals surface area contributed by atoms with Crippen molar-refractivity contribution in [3.63, 3.8) is 0 Å². The van der Waals surface area contributed by atoms with E-state index in [1.165, 1.54) is 18.6 Å². The molecule has 0 unspecified atom stereocenters. The van der Waals surface area contributed by atoms with Crippen LogP contribution in [0.3, 0.4) is 0 Å². The number of aryl methyl sites for hydroxylation is 2. The molecule has 2 aromatic rings. The molecule has 18 heavy (non-hydrogen) atoms. The molecular formula is C16H15FO. The molecule has 2 heteroatoms. The molecular weight excluding hydrogens is 227 g/mol. The Balaban J connectivity index is 2.58. The van der Waals surface area contributed by atoms with E-state index in [4.69, 9.17) is 0 Å². The summed E-state index contributed by atoms with van der Waals surface area (Å²) in [5, 5.41) is 0. The molecule has 0 radical (unpaired) electrons. The molecule has 0 saturated heterocycles. The van der Waals surface area contributed by atoms with Gasteiger partial charge in [-0.15, -0.1) is 0 Å². The van der Waals surface area contributed by atoms with Crippen LogP contribution in [0.5, 0.6) is 0 Å². The standard InChI is InChI=1S/C16H15FO/c1-10-4-6-14(11(2)8-10)13-5-7-16(17)15(9-13)12(3)18/h4-9H,1-3H3. The first kappa shape index (κ1) is 12.5. The fraction of sp³-hybridized carbons (Fsp3) is 0.188. The average Bonchev–Trinajstić information content (AvgIpc) is 2.30. The number of carbonyl (C=O) groups is 1. The zero-order valence-electron chi connectivity index (χ0n) is 10.8. The molecule has 0 amide bonds. The molecule has 0 fully saturated rings. The molecule has 0 aromatic heterocycles. The summed E-state index contributed by atoms with van der Waals surface area (Å²) in [4.78, 5) is 11.3.